The van der Waals surface area contributed by atoms with Crippen molar-refractivity contribution >= 4 is 50.8 Å². The van der Waals surface area contributed by atoms with Crippen molar-refractivity contribution in [3.8, 4) is 11.3 Å². The smallest absolute Gasteiger partial charge is 0.256 e. The van der Waals surface area contributed by atoms with Gasteiger partial charge in [0.25, 0.3) is 5.91 Å². The first-order valence-corrected chi connectivity index (χ1v) is 8.46. The van der Waals surface area contributed by atoms with Crippen LogP contribution in [0.5, 0.6) is 0 Å². The maximum absolute atomic E-state index is 12.2. The molecule has 3 aromatic rings. The second kappa shape index (κ2) is 5.96. The molecule has 0 bridgehead atoms. The van der Waals surface area contributed by atoms with Crippen LogP contribution in [0, 0.1) is 0 Å². The van der Waals surface area contributed by atoms with Crippen LogP contribution in [0.15, 0.2) is 63.5 Å². The minimum atomic E-state index is -0.160. The third kappa shape index (κ3) is 2.79. The van der Waals surface area contributed by atoms with Crippen molar-refractivity contribution in [1.82, 2.24) is 0 Å². The summed E-state index contributed by atoms with van der Waals surface area (Å²) in [5.41, 5.74) is 3.05. The first-order chi connectivity index (χ1) is 11.6. The van der Waals surface area contributed by atoms with Crippen molar-refractivity contribution < 1.29 is 9.21 Å². The van der Waals surface area contributed by atoms with Crippen LogP contribution in [-0.4, -0.2) is 5.91 Å². The minimum absolute atomic E-state index is 0.160. The number of nitrogens with one attached hydrogen (secondary N) is 1. The Balaban J connectivity index is 1.73. The molecule has 5 heteroatoms. The zero-order valence-electron chi connectivity index (χ0n) is 12.3. The first-order valence-electron chi connectivity index (χ1n) is 7.29. The van der Waals surface area contributed by atoms with Gasteiger partial charge < -0.3 is 9.73 Å². The highest BCUT2D eigenvalue weighted by atomic mass is 79.9. The molecule has 0 fully saturated rings. The van der Waals surface area contributed by atoms with Gasteiger partial charge in [-0.3, -0.25) is 4.79 Å². The molecule has 3 nitrogen and oxygen atoms in total. The van der Waals surface area contributed by atoms with Crippen LogP contribution in [-0.2, 0) is 4.79 Å². The number of anilines is 1. The second-order valence-corrected chi connectivity index (χ2v) is 6.77. The van der Waals surface area contributed by atoms with E-state index >= 15 is 0 Å². The summed E-state index contributed by atoms with van der Waals surface area (Å²) in [7, 11) is 0. The van der Waals surface area contributed by atoms with Crippen LogP contribution in [0.2, 0.25) is 5.02 Å². The normalized spacial score (nSPS) is 14.8. The van der Waals surface area contributed by atoms with Crippen LogP contribution in [0.1, 0.15) is 11.3 Å². The average molecular weight is 401 g/mol. The summed E-state index contributed by atoms with van der Waals surface area (Å²) >= 11 is 9.49. The van der Waals surface area contributed by atoms with E-state index in [1.54, 1.807) is 24.3 Å². The summed E-state index contributed by atoms with van der Waals surface area (Å²) < 4.78 is 6.85. The van der Waals surface area contributed by atoms with Crippen molar-refractivity contribution in [3.05, 3.63) is 75.4 Å². The standard InChI is InChI=1S/C19H11BrClNO2/c20-12-3-1-2-11(8-12)18-7-5-14(24-18)10-16-15-9-13(21)4-6-17(15)22-19(16)23/h1-10H,(H,22,23)/b16-10-. The van der Waals surface area contributed by atoms with E-state index in [0.29, 0.717) is 16.4 Å². The van der Waals surface area contributed by atoms with Gasteiger partial charge in [-0.2, -0.15) is 0 Å². The molecule has 1 aliphatic rings. The van der Waals surface area contributed by atoms with Crippen molar-refractivity contribution in [3.63, 3.8) is 0 Å². The molecule has 0 saturated carbocycles. The number of hydrogen-bond acceptors (Lipinski definition) is 2. The average Bonchev–Trinajstić information content (AvgIpc) is 3.14. The Bertz CT molecular complexity index is 991. The Labute approximate surface area is 152 Å². The number of fused-ring (bicyclic) bond motifs is 1. The lowest BCUT2D eigenvalue weighted by Crippen LogP contribution is -2.03. The summed E-state index contributed by atoms with van der Waals surface area (Å²) in [5.74, 6) is 1.20. The summed E-state index contributed by atoms with van der Waals surface area (Å²) in [6, 6.07) is 16.9. The highest BCUT2D eigenvalue weighted by Crippen LogP contribution is 2.35. The van der Waals surface area contributed by atoms with Crippen LogP contribution in [0.4, 0.5) is 5.69 Å². The molecule has 0 unspecified atom stereocenters. The number of hydrogen-bond donors (Lipinski definition) is 1. The Morgan fingerprint density at radius 3 is 2.79 bits per heavy atom. The van der Waals surface area contributed by atoms with Crippen LogP contribution >= 0.6 is 27.5 Å². The topological polar surface area (TPSA) is 42.2 Å². The van der Waals surface area contributed by atoms with E-state index in [0.717, 1.165) is 27.0 Å². The fourth-order valence-corrected chi connectivity index (χ4v) is 3.24. The molecular weight excluding hydrogens is 390 g/mol. The predicted octanol–water partition coefficient (Wildman–Crippen LogP) is 5.86. The van der Waals surface area contributed by atoms with Crippen molar-refractivity contribution in [2.75, 3.05) is 5.32 Å². The molecule has 0 spiro atoms. The number of halogens is 2. The van der Waals surface area contributed by atoms with Gasteiger partial charge in [0.1, 0.15) is 11.5 Å². The highest BCUT2D eigenvalue weighted by molar-refractivity contribution is 9.10. The van der Waals surface area contributed by atoms with E-state index < -0.39 is 0 Å². The van der Waals surface area contributed by atoms with Gasteiger partial charge in [0.05, 0.1) is 5.57 Å². The monoisotopic (exact) mass is 399 g/mol. The fraction of sp³-hybridized carbons (Fsp3) is 0. The number of rotatable bonds is 2. The van der Waals surface area contributed by atoms with Crippen molar-refractivity contribution in [2.45, 2.75) is 0 Å². The molecule has 24 heavy (non-hydrogen) atoms. The zero-order chi connectivity index (χ0) is 16.7. The number of amides is 1. The van der Waals surface area contributed by atoms with E-state index in [2.05, 4.69) is 21.2 Å². The summed E-state index contributed by atoms with van der Waals surface area (Å²) in [5, 5.41) is 3.42. The van der Waals surface area contributed by atoms with Gasteiger partial charge in [-0.25, -0.2) is 0 Å². The summed E-state index contributed by atoms with van der Waals surface area (Å²) in [4.78, 5) is 12.2. The Morgan fingerprint density at radius 2 is 1.96 bits per heavy atom. The first kappa shape index (κ1) is 15.2. The molecule has 1 N–H and O–H groups in total. The van der Waals surface area contributed by atoms with Gasteiger partial charge in [0.2, 0.25) is 0 Å². The highest BCUT2D eigenvalue weighted by Gasteiger charge is 2.24. The second-order valence-electron chi connectivity index (χ2n) is 5.41. The molecule has 118 valence electrons. The van der Waals surface area contributed by atoms with Crippen LogP contribution in [0.3, 0.4) is 0 Å². The van der Waals surface area contributed by atoms with E-state index in [1.165, 1.54) is 0 Å². The number of benzene rings is 2. The Hall–Kier alpha value is -2.30. The summed E-state index contributed by atoms with van der Waals surface area (Å²) in [6.45, 7) is 0. The number of furan rings is 1. The van der Waals surface area contributed by atoms with Crippen LogP contribution in [0.25, 0.3) is 23.0 Å². The van der Waals surface area contributed by atoms with Gasteiger partial charge in [-0.1, -0.05) is 39.7 Å². The minimum Gasteiger partial charge on any atom is -0.457 e. The van der Waals surface area contributed by atoms with Gasteiger partial charge in [-0.05, 0) is 48.5 Å². The van der Waals surface area contributed by atoms with E-state index in [-0.39, 0.29) is 5.91 Å². The zero-order valence-corrected chi connectivity index (χ0v) is 14.7. The molecule has 1 amide bonds. The maximum atomic E-state index is 12.2. The molecule has 0 saturated heterocycles. The summed E-state index contributed by atoms with van der Waals surface area (Å²) in [6.07, 6.45) is 1.74. The largest absolute Gasteiger partial charge is 0.457 e. The maximum Gasteiger partial charge on any atom is 0.256 e. The lowest BCUT2D eigenvalue weighted by atomic mass is 10.1. The fourth-order valence-electron chi connectivity index (χ4n) is 2.67. The molecule has 4 rings (SSSR count). The van der Waals surface area contributed by atoms with Gasteiger partial charge in [0, 0.05) is 26.3 Å². The lowest BCUT2D eigenvalue weighted by Gasteiger charge is -1.99. The molecule has 0 aliphatic carbocycles. The quantitative estimate of drug-likeness (QED) is 0.548. The number of carbonyl (C=O) groups is 1. The molecule has 0 atom stereocenters. The Morgan fingerprint density at radius 1 is 1.08 bits per heavy atom. The van der Waals surface area contributed by atoms with Gasteiger partial charge >= 0.3 is 0 Å². The number of carbonyl (C=O) groups excluding carboxylic acids is 1. The molecule has 1 aromatic heterocycles. The van der Waals surface area contributed by atoms with E-state index in [9.17, 15) is 4.79 Å². The molecule has 2 aromatic carbocycles. The lowest BCUT2D eigenvalue weighted by molar-refractivity contribution is -0.110. The van der Waals surface area contributed by atoms with E-state index in [1.807, 2.05) is 36.4 Å². The molecular formula is C19H11BrClNO2. The van der Waals surface area contributed by atoms with Crippen molar-refractivity contribution in [2.24, 2.45) is 0 Å². The third-order valence-electron chi connectivity index (χ3n) is 3.79. The van der Waals surface area contributed by atoms with E-state index in [4.69, 9.17) is 16.0 Å². The molecule has 0 radical (unpaired) electrons. The van der Waals surface area contributed by atoms with Crippen LogP contribution < -0.4 is 5.32 Å². The van der Waals surface area contributed by atoms with Gasteiger partial charge in [0.15, 0.2) is 0 Å². The Kier molecular flexibility index (Phi) is 3.79. The molecule has 1 aliphatic heterocycles. The predicted molar refractivity (Wildman–Crippen MR) is 99.8 cm³/mol. The molecule has 2 heterocycles. The SMILES string of the molecule is O=C1Nc2ccc(Cl)cc2/C1=C/c1ccc(-c2cccc(Br)c2)o1. The van der Waals surface area contributed by atoms with Gasteiger partial charge in [-0.15, -0.1) is 0 Å². The van der Waals surface area contributed by atoms with Crippen molar-refractivity contribution in [1.29, 1.82) is 0 Å². The third-order valence-corrected chi connectivity index (χ3v) is 4.52.